The molecule has 0 spiro atoms. The first kappa shape index (κ1) is 15.7. The number of carbonyl (C=O) groups excluding carboxylic acids is 1. The molecule has 5 rings (SSSR count). The van der Waals surface area contributed by atoms with Crippen molar-refractivity contribution in [2.24, 2.45) is 0 Å². The minimum Gasteiger partial charge on any atom is -0.351 e. The Hall–Kier alpha value is -3.51. The highest BCUT2D eigenvalue weighted by Gasteiger charge is 2.11. The van der Waals surface area contributed by atoms with Gasteiger partial charge in [-0.3, -0.25) is 4.79 Å². The van der Waals surface area contributed by atoms with Crippen LogP contribution in [0.15, 0.2) is 72.9 Å². The van der Waals surface area contributed by atoms with Crippen molar-refractivity contribution in [2.45, 2.75) is 0 Å². The minimum absolute atomic E-state index is 0.164. The molecule has 0 fully saturated rings. The average molecular weight is 370 g/mol. The molecule has 5 aromatic rings. The molecule has 2 aromatic carbocycles. The standard InChI is InChI=1S/C21H14N4OS/c26-19(18-12-14-4-1-2-5-16(14)24-18)23-15-9-7-13(8-10-15)20-25-17-6-3-11-22-21(17)27-20/h1-12,24H,(H,23,26). The van der Waals surface area contributed by atoms with E-state index in [1.54, 1.807) is 17.5 Å². The lowest BCUT2D eigenvalue weighted by molar-refractivity contribution is 0.102. The number of anilines is 1. The third-order valence-corrected chi connectivity index (χ3v) is 5.36. The lowest BCUT2D eigenvalue weighted by Crippen LogP contribution is -2.12. The van der Waals surface area contributed by atoms with Crippen LogP contribution in [0.1, 0.15) is 10.5 Å². The van der Waals surface area contributed by atoms with Gasteiger partial charge in [-0.1, -0.05) is 29.5 Å². The number of hydrogen-bond donors (Lipinski definition) is 2. The first-order valence-corrected chi connectivity index (χ1v) is 9.29. The Bertz CT molecular complexity index is 1200. The van der Waals surface area contributed by atoms with Gasteiger partial charge in [-0.05, 0) is 48.5 Å². The molecule has 6 heteroatoms. The fourth-order valence-corrected chi connectivity index (χ4v) is 3.90. The number of nitrogens with one attached hydrogen (secondary N) is 2. The van der Waals surface area contributed by atoms with Crippen LogP contribution in [0.5, 0.6) is 0 Å². The number of rotatable bonds is 3. The van der Waals surface area contributed by atoms with E-state index in [0.717, 1.165) is 37.5 Å². The summed E-state index contributed by atoms with van der Waals surface area (Å²) in [7, 11) is 0. The summed E-state index contributed by atoms with van der Waals surface area (Å²) in [4.78, 5) is 25.5. The van der Waals surface area contributed by atoms with Crippen LogP contribution in [0.25, 0.3) is 31.8 Å². The molecule has 130 valence electrons. The van der Waals surface area contributed by atoms with Gasteiger partial charge in [0.1, 0.15) is 21.0 Å². The van der Waals surface area contributed by atoms with Crippen LogP contribution >= 0.6 is 11.3 Å². The molecule has 0 radical (unpaired) electrons. The average Bonchev–Trinajstić information content (AvgIpc) is 3.32. The lowest BCUT2D eigenvalue weighted by atomic mass is 10.2. The van der Waals surface area contributed by atoms with Crippen LogP contribution in [0.2, 0.25) is 0 Å². The van der Waals surface area contributed by atoms with Crippen LogP contribution in [0.3, 0.4) is 0 Å². The number of aromatic amines is 1. The summed E-state index contributed by atoms with van der Waals surface area (Å²) >= 11 is 1.55. The largest absolute Gasteiger partial charge is 0.351 e. The van der Waals surface area contributed by atoms with Crippen LogP contribution < -0.4 is 5.32 Å². The normalized spacial score (nSPS) is 11.1. The summed E-state index contributed by atoms with van der Waals surface area (Å²) in [5.74, 6) is -0.164. The lowest BCUT2D eigenvalue weighted by Gasteiger charge is -2.04. The molecule has 5 nitrogen and oxygen atoms in total. The van der Waals surface area contributed by atoms with E-state index < -0.39 is 0 Å². The van der Waals surface area contributed by atoms with E-state index in [1.807, 2.05) is 66.7 Å². The van der Waals surface area contributed by atoms with Crippen LogP contribution in [0, 0.1) is 0 Å². The summed E-state index contributed by atoms with van der Waals surface area (Å²) in [6, 6.07) is 21.2. The summed E-state index contributed by atoms with van der Waals surface area (Å²) in [6.45, 7) is 0. The smallest absolute Gasteiger partial charge is 0.272 e. The van der Waals surface area contributed by atoms with E-state index >= 15 is 0 Å². The maximum absolute atomic E-state index is 12.5. The molecular weight excluding hydrogens is 356 g/mol. The predicted molar refractivity (Wildman–Crippen MR) is 109 cm³/mol. The van der Waals surface area contributed by atoms with Crippen molar-refractivity contribution in [2.75, 3.05) is 5.32 Å². The predicted octanol–water partition coefficient (Wildman–Crippen LogP) is 5.09. The second-order valence-electron chi connectivity index (χ2n) is 6.15. The number of benzene rings is 2. The quantitative estimate of drug-likeness (QED) is 0.465. The number of pyridine rings is 1. The Balaban J connectivity index is 1.37. The zero-order chi connectivity index (χ0) is 18.2. The SMILES string of the molecule is O=C(Nc1ccc(-c2nc3cccnc3s2)cc1)c1cc2ccccc2[nH]1. The molecule has 0 saturated carbocycles. The monoisotopic (exact) mass is 370 g/mol. The first-order valence-electron chi connectivity index (χ1n) is 8.47. The summed E-state index contributed by atoms with van der Waals surface area (Å²) in [6.07, 6.45) is 1.77. The highest BCUT2D eigenvalue weighted by molar-refractivity contribution is 7.21. The summed E-state index contributed by atoms with van der Waals surface area (Å²) in [5, 5.41) is 4.86. The van der Waals surface area contributed by atoms with Gasteiger partial charge < -0.3 is 10.3 Å². The number of amides is 1. The Kier molecular flexibility index (Phi) is 3.69. The number of carbonyl (C=O) groups is 1. The van der Waals surface area contributed by atoms with E-state index in [2.05, 4.69) is 20.3 Å². The van der Waals surface area contributed by atoms with Gasteiger partial charge >= 0.3 is 0 Å². The van der Waals surface area contributed by atoms with Crippen molar-refractivity contribution >= 4 is 44.2 Å². The van der Waals surface area contributed by atoms with Crippen molar-refractivity contribution in [3.05, 3.63) is 78.6 Å². The second kappa shape index (κ2) is 6.34. The van der Waals surface area contributed by atoms with E-state index in [-0.39, 0.29) is 5.91 Å². The Morgan fingerprint density at radius 1 is 1.00 bits per heavy atom. The fourth-order valence-electron chi connectivity index (χ4n) is 2.98. The molecule has 27 heavy (non-hydrogen) atoms. The number of aromatic nitrogens is 3. The van der Waals surface area contributed by atoms with Crippen molar-refractivity contribution in [3.63, 3.8) is 0 Å². The topological polar surface area (TPSA) is 70.7 Å². The van der Waals surface area contributed by atoms with Gasteiger partial charge in [0, 0.05) is 28.4 Å². The molecule has 1 amide bonds. The first-order chi connectivity index (χ1) is 13.3. The second-order valence-corrected chi connectivity index (χ2v) is 7.13. The van der Waals surface area contributed by atoms with Gasteiger partial charge in [0.15, 0.2) is 0 Å². The zero-order valence-corrected chi connectivity index (χ0v) is 15.0. The molecule has 0 saturated heterocycles. The Morgan fingerprint density at radius 3 is 2.67 bits per heavy atom. The van der Waals surface area contributed by atoms with E-state index in [0.29, 0.717) is 5.69 Å². The molecule has 0 atom stereocenters. The van der Waals surface area contributed by atoms with Crippen molar-refractivity contribution in [1.29, 1.82) is 0 Å². The molecule has 0 aliphatic rings. The minimum atomic E-state index is -0.164. The van der Waals surface area contributed by atoms with E-state index in [1.165, 1.54) is 0 Å². The number of fused-ring (bicyclic) bond motifs is 2. The van der Waals surface area contributed by atoms with E-state index in [4.69, 9.17) is 0 Å². The Morgan fingerprint density at radius 2 is 1.85 bits per heavy atom. The molecule has 0 aliphatic heterocycles. The van der Waals surface area contributed by atoms with Crippen LogP contribution in [0.4, 0.5) is 5.69 Å². The summed E-state index contributed by atoms with van der Waals surface area (Å²) < 4.78 is 0. The third kappa shape index (κ3) is 2.96. The molecule has 3 aromatic heterocycles. The van der Waals surface area contributed by atoms with Gasteiger partial charge in [0.2, 0.25) is 0 Å². The summed E-state index contributed by atoms with van der Waals surface area (Å²) in [5.41, 5.74) is 4.12. The van der Waals surface area contributed by atoms with Crippen LogP contribution in [-0.4, -0.2) is 20.9 Å². The highest BCUT2D eigenvalue weighted by atomic mass is 32.1. The van der Waals surface area contributed by atoms with Crippen molar-refractivity contribution in [1.82, 2.24) is 15.0 Å². The number of H-pyrrole nitrogens is 1. The molecule has 0 bridgehead atoms. The third-order valence-electron chi connectivity index (χ3n) is 4.33. The van der Waals surface area contributed by atoms with Crippen LogP contribution in [-0.2, 0) is 0 Å². The number of thiazole rings is 1. The molecule has 0 unspecified atom stereocenters. The van der Waals surface area contributed by atoms with Gasteiger partial charge in [0.05, 0.1) is 0 Å². The van der Waals surface area contributed by atoms with Gasteiger partial charge in [-0.25, -0.2) is 9.97 Å². The molecule has 3 heterocycles. The fraction of sp³-hybridized carbons (Fsp3) is 0. The molecular formula is C21H14N4OS. The van der Waals surface area contributed by atoms with Gasteiger partial charge in [-0.2, -0.15) is 0 Å². The number of para-hydroxylation sites is 1. The van der Waals surface area contributed by atoms with Gasteiger partial charge in [-0.15, -0.1) is 0 Å². The molecule has 0 aliphatic carbocycles. The van der Waals surface area contributed by atoms with Gasteiger partial charge in [0.25, 0.3) is 5.91 Å². The maximum atomic E-state index is 12.5. The Labute approximate surface area is 158 Å². The zero-order valence-electron chi connectivity index (χ0n) is 14.1. The van der Waals surface area contributed by atoms with Crippen molar-refractivity contribution < 1.29 is 4.79 Å². The van der Waals surface area contributed by atoms with Crippen molar-refractivity contribution in [3.8, 4) is 10.6 Å². The maximum Gasteiger partial charge on any atom is 0.272 e. The van der Waals surface area contributed by atoms with E-state index in [9.17, 15) is 4.79 Å². The number of nitrogens with zero attached hydrogens (tertiary/aromatic N) is 2. The molecule has 2 N–H and O–H groups in total. The highest BCUT2D eigenvalue weighted by Crippen LogP contribution is 2.29. The number of hydrogen-bond acceptors (Lipinski definition) is 4.